The highest BCUT2D eigenvalue weighted by Gasteiger charge is 2.27. The molecule has 2 heterocycles. The second-order valence-electron chi connectivity index (χ2n) is 11.0. The van der Waals surface area contributed by atoms with Crippen LogP contribution in [-0.2, 0) is 17.8 Å². The van der Waals surface area contributed by atoms with Gasteiger partial charge in [0.25, 0.3) is 5.91 Å². The number of carbonyl (C=O) groups excluding carboxylic acids is 2. The number of aromatic nitrogens is 2. The van der Waals surface area contributed by atoms with E-state index in [4.69, 9.17) is 9.72 Å². The average molecular weight is 575 g/mol. The number of likely N-dealkylation sites (N-methyl/N-ethyl adjacent to an activating group) is 1. The first-order valence-electron chi connectivity index (χ1n) is 14.5. The zero-order valence-electron chi connectivity index (χ0n) is 25.0. The van der Waals surface area contributed by atoms with Gasteiger partial charge in [0, 0.05) is 42.1 Å². The van der Waals surface area contributed by atoms with Gasteiger partial charge in [-0.25, -0.2) is 4.98 Å². The fourth-order valence-electron chi connectivity index (χ4n) is 5.41. The van der Waals surface area contributed by atoms with Gasteiger partial charge in [0.15, 0.2) is 0 Å². The van der Waals surface area contributed by atoms with Gasteiger partial charge in [-0.2, -0.15) is 0 Å². The van der Waals surface area contributed by atoms with E-state index in [0.717, 1.165) is 47.4 Å². The summed E-state index contributed by atoms with van der Waals surface area (Å²) in [4.78, 5) is 35.0. The molecule has 2 aromatic carbocycles. The Hall–Kier alpha value is -3.65. The first kappa shape index (κ1) is 30.3. The fourth-order valence-corrected chi connectivity index (χ4v) is 6.11. The molecule has 2 amide bonds. The molecule has 0 saturated heterocycles. The molecule has 0 aliphatic carbocycles. The van der Waals surface area contributed by atoms with Crippen molar-refractivity contribution >= 4 is 34.2 Å². The number of thiophene rings is 1. The molecule has 218 valence electrons. The van der Waals surface area contributed by atoms with Crippen LogP contribution in [0.15, 0.2) is 60.0 Å². The first-order chi connectivity index (χ1) is 19.7. The third-order valence-corrected chi connectivity index (χ3v) is 8.41. The minimum absolute atomic E-state index is 0.129. The van der Waals surface area contributed by atoms with E-state index in [-0.39, 0.29) is 17.7 Å². The number of rotatable bonds is 13. The Balaban J connectivity index is 1.58. The maximum absolute atomic E-state index is 13.6. The Labute approximate surface area is 247 Å². The van der Waals surface area contributed by atoms with Gasteiger partial charge in [-0.1, -0.05) is 52.0 Å². The largest absolute Gasteiger partial charge is 0.496 e. The van der Waals surface area contributed by atoms with E-state index in [0.29, 0.717) is 24.6 Å². The van der Waals surface area contributed by atoms with E-state index in [1.807, 2.05) is 42.5 Å². The number of para-hydroxylation sites is 1. The van der Waals surface area contributed by atoms with Gasteiger partial charge in [0.1, 0.15) is 17.6 Å². The van der Waals surface area contributed by atoms with E-state index in [2.05, 4.69) is 55.1 Å². The minimum atomic E-state index is -0.644. The van der Waals surface area contributed by atoms with Crippen molar-refractivity contribution in [2.45, 2.75) is 72.0 Å². The number of imidazole rings is 1. The van der Waals surface area contributed by atoms with Gasteiger partial charge in [0.2, 0.25) is 5.91 Å². The molecule has 8 heteroatoms. The highest BCUT2D eigenvalue weighted by atomic mass is 32.1. The van der Waals surface area contributed by atoms with Crippen LogP contribution in [-0.4, -0.2) is 46.5 Å². The Kier molecular flexibility index (Phi) is 10.2. The lowest BCUT2D eigenvalue weighted by molar-refractivity contribution is -0.132. The normalized spacial score (nSPS) is 12.2. The second-order valence-corrected chi connectivity index (χ2v) is 12.0. The number of nitrogens with one attached hydrogen (secondary N) is 1. The van der Waals surface area contributed by atoms with Crippen LogP contribution in [0.5, 0.6) is 5.75 Å². The van der Waals surface area contributed by atoms with Crippen LogP contribution in [0, 0.1) is 5.92 Å². The molecule has 1 atom stereocenters. The summed E-state index contributed by atoms with van der Waals surface area (Å²) in [5.74, 6) is 1.57. The summed E-state index contributed by atoms with van der Waals surface area (Å²) < 4.78 is 7.80. The monoisotopic (exact) mass is 574 g/mol. The summed E-state index contributed by atoms with van der Waals surface area (Å²) in [6, 6.07) is 17.3. The van der Waals surface area contributed by atoms with Crippen molar-refractivity contribution in [2.75, 3.05) is 14.2 Å². The molecule has 4 rings (SSSR count). The molecular formula is C33H42N4O3S. The zero-order valence-corrected chi connectivity index (χ0v) is 25.8. The van der Waals surface area contributed by atoms with Crippen molar-refractivity contribution in [2.24, 2.45) is 5.92 Å². The number of fused-ring (bicyclic) bond motifs is 1. The molecule has 41 heavy (non-hydrogen) atoms. The Morgan fingerprint density at radius 3 is 2.49 bits per heavy atom. The van der Waals surface area contributed by atoms with Gasteiger partial charge >= 0.3 is 0 Å². The predicted molar refractivity (Wildman–Crippen MR) is 167 cm³/mol. The molecule has 0 spiro atoms. The van der Waals surface area contributed by atoms with E-state index in [9.17, 15) is 9.59 Å². The molecule has 0 bridgehead atoms. The maximum Gasteiger partial charge on any atom is 0.252 e. The summed E-state index contributed by atoms with van der Waals surface area (Å²) in [7, 11) is 3.39. The van der Waals surface area contributed by atoms with Crippen LogP contribution in [0.2, 0.25) is 0 Å². The summed E-state index contributed by atoms with van der Waals surface area (Å²) in [5, 5.41) is 5.12. The van der Waals surface area contributed by atoms with Gasteiger partial charge in [0.05, 0.1) is 18.1 Å². The molecule has 0 aliphatic heterocycles. The van der Waals surface area contributed by atoms with E-state index in [1.54, 1.807) is 30.4 Å². The van der Waals surface area contributed by atoms with Crippen LogP contribution in [0.3, 0.4) is 0 Å². The molecule has 4 aromatic rings. The second kappa shape index (κ2) is 13.8. The minimum Gasteiger partial charge on any atom is -0.496 e. The molecule has 0 fully saturated rings. The lowest BCUT2D eigenvalue weighted by Crippen LogP contribution is -2.47. The van der Waals surface area contributed by atoms with Crippen molar-refractivity contribution in [3.05, 3.63) is 81.8 Å². The zero-order chi connectivity index (χ0) is 29.5. The van der Waals surface area contributed by atoms with Crippen LogP contribution in [0.4, 0.5) is 0 Å². The molecule has 2 aromatic heterocycles. The molecule has 7 nitrogen and oxygen atoms in total. The van der Waals surface area contributed by atoms with Crippen molar-refractivity contribution in [1.82, 2.24) is 19.8 Å². The van der Waals surface area contributed by atoms with Gasteiger partial charge in [-0.15, -0.1) is 11.3 Å². The summed E-state index contributed by atoms with van der Waals surface area (Å²) in [6.45, 7) is 8.90. The van der Waals surface area contributed by atoms with E-state index >= 15 is 0 Å². The first-order valence-corrected chi connectivity index (χ1v) is 15.3. The number of ether oxygens (including phenoxy) is 1. The molecule has 0 saturated carbocycles. The lowest BCUT2D eigenvalue weighted by atomic mass is 10.0. The van der Waals surface area contributed by atoms with Gasteiger partial charge < -0.3 is 19.5 Å². The van der Waals surface area contributed by atoms with Gasteiger partial charge in [-0.3, -0.25) is 9.59 Å². The summed E-state index contributed by atoms with van der Waals surface area (Å²) in [6.07, 6.45) is 3.30. The van der Waals surface area contributed by atoms with Crippen molar-refractivity contribution < 1.29 is 14.3 Å². The third-order valence-electron chi connectivity index (χ3n) is 7.53. The standard InChI is InChI=1S/C33H42N4O3S/c1-7-25(8-2)37-29-16-15-23(19-27(29)34-31(37)20-26-13-11-17-41-26)32(38)35-28(18-22(3)4)33(39)36(5)21-24-12-9-10-14-30(24)40-6/h9-17,19,22,25,28H,7-8,18,20-21H2,1-6H3,(H,35,38)/t28-/m0/s1. The highest BCUT2D eigenvalue weighted by molar-refractivity contribution is 7.09. The summed E-state index contributed by atoms with van der Waals surface area (Å²) in [5.41, 5.74) is 3.25. The number of hydrogen-bond acceptors (Lipinski definition) is 5. The third kappa shape index (κ3) is 7.17. The quantitative estimate of drug-likeness (QED) is 0.189. The number of benzene rings is 2. The van der Waals surface area contributed by atoms with Crippen molar-refractivity contribution in [1.29, 1.82) is 0 Å². The molecule has 0 radical (unpaired) electrons. The van der Waals surface area contributed by atoms with Crippen LogP contribution >= 0.6 is 11.3 Å². The Bertz CT molecular complexity index is 1460. The Morgan fingerprint density at radius 1 is 1.07 bits per heavy atom. The van der Waals surface area contributed by atoms with Crippen molar-refractivity contribution in [3.8, 4) is 5.75 Å². The van der Waals surface area contributed by atoms with Crippen LogP contribution < -0.4 is 10.1 Å². The summed E-state index contributed by atoms with van der Waals surface area (Å²) >= 11 is 1.73. The molecule has 0 aliphatic rings. The van der Waals surface area contributed by atoms with Gasteiger partial charge in [-0.05, 0) is 60.9 Å². The SMILES string of the molecule is CCC(CC)n1c(Cc2cccs2)nc2cc(C(=O)N[C@@H](CC(C)C)C(=O)N(C)Cc3ccccc3OC)ccc21. The molecule has 1 N–H and O–H groups in total. The number of methoxy groups -OCH3 is 1. The molecular weight excluding hydrogens is 532 g/mol. The predicted octanol–water partition coefficient (Wildman–Crippen LogP) is 6.86. The van der Waals surface area contributed by atoms with Crippen LogP contribution in [0.1, 0.15) is 79.6 Å². The number of hydrogen-bond donors (Lipinski definition) is 1. The van der Waals surface area contributed by atoms with Crippen molar-refractivity contribution in [3.63, 3.8) is 0 Å². The van der Waals surface area contributed by atoms with Crippen LogP contribution in [0.25, 0.3) is 11.0 Å². The maximum atomic E-state index is 13.6. The molecule has 0 unspecified atom stereocenters. The average Bonchev–Trinajstić information content (AvgIpc) is 3.60. The number of amides is 2. The highest BCUT2D eigenvalue weighted by Crippen LogP contribution is 2.28. The number of carbonyl (C=O) groups is 2. The smallest absolute Gasteiger partial charge is 0.252 e. The fraction of sp³-hybridized carbons (Fsp3) is 0.424. The lowest BCUT2D eigenvalue weighted by Gasteiger charge is -2.26. The van der Waals surface area contributed by atoms with E-state index < -0.39 is 6.04 Å². The Morgan fingerprint density at radius 2 is 1.83 bits per heavy atom. The number of nitrogens with zero attached hydrogens (tertiary/aromatic N) is 3. The van der Waals surface area contributed by atoms with E-state index in [1.165, 1.54) is 4.88 Å². The topological polar surface area (TPSA) is 76.5 Å².